The minimum Gasteiger partial charge on any atom is -0.462 e. The van der Waals surface area contributed by atoms with Gasteiger partial charge in [-0.25, -0.2) is 9.48 Å². The van der Waals surface area contributed by atoms with Crippen LogP contribution < -0.4 is 10.5 Å². The number of esters is 1. The molecule has 0 saturated carbocycles. The quantitative estimate of drug-likeness (QED) is 0.858. The lowest BCUT2D eigenvalue weighted by Crippen LogP contribution is -2.09. The highest BCUT2D eigenvalue weighted by molar-refractivity contribution is 5.95. The fraction of sp³-hybridized carbons (Fsp3) is 0.286. The van der Waals surface area contributed by atoms with Crippen molar-refractivity contribution in [2.45, 2.75) is 20.5 Å². The molecule has 1 heterocycles. The number of benzene rings is 1. The van der Waals surface area contributed by atoms with Crippen molar-refractivity contribution < 1.29 is 23.0 Å². The Balaban J connectivity index is 2.33. The van der Waals surface area contributed by atoms with E-state index in [-0.39, 0.29) is 23.7 Å². The van der Waals surface area contributed by atoms with E-state index in [9.17, 15) is 13.6 Å². The van der Waals surface area contributed by atoms with Crippen molar-refractivity contribution in [2.24, 2.45) is 0 Å². The van der Waals surface area contributed by atoms with Crippen LogP contribution >= 0.6 is 0 Å². The first-order valence-corrected chi connectivity index (χ1v) is 6.51. The number of carbonyl (C=O) groups is 1. The van der Waals surface area contributed by atoms with E-state index in [0.717, 1.165) is 0 Å². The van der Waals surface area contributed by atoms with Crippen LogP contribution in [0.4, 0.5) is 14.6 Å². The fourth-order valence-electron chi connectivity index (χ4n) is 1.97. The third-order valence-electron chi connectivity index (χ3n) is 2.88. The van der Waals surface area contributed by atoms with E-state index >= 15 is 0 Å². The minimum atomic E-state index is -2.89. The number of rotatable bonds is 5. The molecule has 0 aliphatic heterocycles. The largest absolute Gasteiger partial charge is 0.462 e. The molecule has 0 fully saturated rings. The molecule has 8 heteroatoms. The normalized spacial score (nSPS) is 10.8. The molecule has 0 aliphatic rings. The number of halogens is 2. The molecule has 1 aromatic heterocycles. The third kappa shape index (κ3) is 3.16. The summed E-state index contributed by atoms with van der Waals surface area (Å²) in [4.78, 5) is 11.8. The van der Waals surface area contributed by atoms with Gasteiger partial charge in [0.05, 0.1) is 18.0 Å². The van der Waals surface area contributed by atoms with Gasteiger partial charge in [0, 0.05) is 0 Å². The number of ether oxygens (including phenoxy) is 2. The van der Waals surface area contributed by atoms with Crippen molar-refractivity contribution >= 4 is 11.8 Å². The van der Waals surface area contributed by atoms with Crippen LogP contribution in [0, 0.1) is 6.92 Å². The molecule has 0 atom stereocenters. The molecule has 2 rings (SSSR count). The average Bonchev–Trinajstić information content (AvgIpc) is 2.74. The summed E-state index contributed by atoms with van der Waals surface area (Å²) in [6.45, 7) is 0.657. The predicted molar refractivity (Wildman–Crippen MR) is 75.3 cm³/mol. The number of nitrogens with zero attached hydrogens (tertiary/aromatic N) is 2. The molecular formula is C14H15F2N3O3. The lowest BCUT2D eigenvalue weighted by molar-refractivity contribution is -0.0498. The zero-order valence-electron chi connectivity index (χ0n) is 12.0. The van der Waals surface area contributed by atoms with E-state index in [1.807, 2.05) is 0 Å². The Labute approximate surface area is 125 Å². The van der Waals surface area contributed by atoms with Gasteiger partial charge in [-0.2, -0.15) is 13.9 Å². The first-order chi connectivity index (χ1) is 10.4. The van der Waals surface area contributed by atoms with Crippen molar-refractivity contribution in [1.82, 2.24) is 9.78 Å². The molecule has 118 valence electrons. The summed E-state index contributed by atoms with van der Waals surface area (Å²) in [7, 11) is 0. The van der Waals surface area contributed by atoms with Gasteiger partial charge in [0.2, 0.25) is 0 Å². The van der Waals surface area contributed by atoms with Gasteiger partial charge in [-0.3, -0.25) is 0 Å². The van der Waals surface area contributed by atoms with E-state index in [4.69, 9.17) is 10.5 Å². The van der Waals surface area contributed by atoms with Crippen LogP contribution in [0.25, 0.3) is 5.69 Å². The van der Waals surface area contributed by atoms with Crippen LogP contribution in [0.1, 0.15) is 23.0 Å². The molecule has 22 heavy (non-hydrogen) atoms. The fourth-order valence-corrected chi connectivity index (χ4v) is 1.97. The smallest absolute Gasteiger partial charge is 0.387 e. The van der Waals surface area contributed by atoms with Crippen molar-refractivity contribution in [3.8, 4) is 11.4 Å². The number of carbonyl (C=O) groups excluding carboxylic acids is 1. The van der Waals surface area contributed by atoms with E-state index in [0.29, 0.717) is 11.4 Å². The van der Waals surface area contributed by atoms with Gasteiger partial charge in [0.15, 0.2) is 0 Å². The first kappa shape index (κ1) is 15.7. The summed E-state index contributed by atoms with van der Waals surface area (Å²) in [6.07, 6.45) is 0. The molecule has 0 spiro atoms. The van der Waals surface area contributed by atoms with Crippen LogP contribution in [0.5, 0.6) is 5.75 Å². The Kier molecular flexibility index (Phi) is 4.59. The topological polar surface area (TPSA) is 79.4 Å². The van der Waals surface area contributed by atoms with Crippen molar-refractivity contribution in [1.29, 1.82) is 0 Å². The number of anilines is 1. The minimum absolute atomic E-state index is 0.0202. The van der Waals surface area contributed by atoms with Crippen LogP contribution in [-0.4, -0.2) is 29.0 Å². The molecule has 0 bridgehead atoms. The van der Waals surface area contributed by atoms with Gasteiger partial charge < -0.3 is 15.2 Å². The molecule has 2 aromatic rings. The van der Waals surface area contributed by atoms with Crippen LogP contribution in [0.2, 0.25) is 0 Å². The Morgan fingerprint density at radius 3 is 2.55 bits per heavy atom. The highest BCUT2D eigenvalue weighted by atomic mass is 19.3. The summed E-state index contributed by atoms with van der Waals surface area (Å²) < 4.78 is 34.8. The lowest BCUT2D eigenvalue weighted by Gasteiger charge is -2.07. The number of hydrogen-bond acceptors (Lipinski definition) is 5. The summed E-state index contributed by atoms with van der Waals surface area (Å²) >= 11 is 0. The van der Waals surface area contributed by atoms with Gasteiger partial charge in [-0.15, -0.1) is 0 Å². The van der Waals surface area contributed by atoms with Crippen LogP contribution in [0.3, 0.4) is 0 Å². The molecule has 6 nitrogen and oxygen atoms in total. The molecule has 0 radical (unpaired) electrons. The molecule has 0 saturated heterocycles. The SMILES string of the molecule is CCOC(=O)c1c(C)nn(-c2ccc(OC(F)F)cc2)c1N. The summed E-state index contributed by atoms with van der Waals surface area (Å²) in [6, 6.07) is 5.74. The zero-order chi connectivity index (χ0) is 16.3. The standard InChI is InChI=1S/C14H15F2N3O3/c1-3-21-13(20)11-8(2)18-19(12(11)17)9-4-6-10(7-5-9)22-14(15)16/h4-7,14H,3,17H2,1-2H3. The number of nitrogen functional groups attached to an aromatic ring is 1. The lowest BCUT2D eigenvalue weighted by atomic mass is 10.2. The third-order valence-corrected chi connectivity index (χ3v) is 2.88. The van der Waals surface area contributed by atoms with Crippen molar-refractivity contribution in [2.75, 3.05) is 12.3 Å². The van der Waals surface area contributed by atoms with Gasteiger partial charge in [-0.05, 0) is 38.1 Å². The first-order valence-electron chi connectivity index (χ1n) is 6.51. The maximum absolute atomic E-state index is 12.1. The highest BCUT2D eigenvalue weighted by Gasteiger charge is 2.21. The Hall–Kier alpha value is -2.64. The van der Waals surface area contributed by atoms with Crippen molar-refractivity contribution in [3.63, 3.8) is 0 Å². The second-order valence-electron chi connectivity index (χ2n) is 4.35. The molecule has 0 unspecified atom stereocenters. The van der Waals surface area contributed by atoms with E-state index in [2.05, 4.69) is 9.84 Å². The van der Waals surface area contributed by atoms with Crippen molar-refractivity contribution in [3.05, 3.63) is 35.5 Å². The molecular weight excluding hydrogens is 296 g/mol. The monoisotopic (exact) mass is 311 g/mol. The summed E-state index contributed by atoms with van der Waals surface area (Å²) in [5.41, 5.74) is 7.06. The van der Waals surface area contributed by atoms with Gasteiger partial charge in [-0.1, -0.05) is 0 Å². The summed E-state index contributed by atoms with van der Waals surface area (Å²) in [5, 5.41) is 4.18. The second kappa shape index (κ2) is 6.42. The van der Waals surface area contributed by atoms with E-state index in [1.165, 1.54) is 28.9 Å². The van der Waals surface area contributed by atoms with Crippen LogP contribution in [0.15, 0.2) is 24.3 Å². The molecule has 0 aliphatic carbocycles. The second-order valence-corrected chi connectivity index (χ2v) is 4.35. The van der Waals surface area contributed by atoms with E-state index < -0.39 is 12.6 Å². The Bertz CT molecular complexity index is 669. The van der Waals surface area contributed by atoms with Gasteiger partial charge in [0.25, 0.3) is 0 Å². The van der Waals surface area contributed by atoms with Crippen LogP contribution in [-0.2, 0) is 4.74 Å². The van der Waals surface area contributed by atoms with E-state index in [1.54, 1.807) is 13.8 Å². The number of aromatic nitrogens is 2. The number of alkyl halides is 2. The van der Waals surface area contributed by atoms with Gasteiger partial charge in [0.1, 0.15) is 17.1 Å². The molecule has 1 aromatic carbocycles. The summed E-state index contributed by atoms with van der Waals surface area (Å²) in [5.74, 6) is -0.410. The average molecular weight is 311 g/mol. The number of aryl methyl sites for hydroxylation is 1. The predicted octanol–water partition coefficient (Wildman–Crippen LogP) is 2.54. The number of hydrogen-bond donors (Lipinski definition) is 1. The molecule has 0 amide bonds. The maximum Gasteiger partial charge on any atom is 0.387 e. The zero-order valence-corrected chi connectivity index (χ0v) is 12.0. The molecule has 2 N–H and O–H groups in total. The maximum atomic E-state index is 12.1. The van der Waals surface area contributed by atoms with Gasteiger partial charge >= 0.3 is 12.6 Å². The Morgan fingerprint density at radius 2 is 2.00 bits per heavy atom. The highest BCUT2D eigenvalue weighted by Crippen LogP contribution is 2.23. The Morgan fingerprint density at radius 1 is 1.36 bits per heavy atom. The number of nitrogens with two attached hydrogens (primary N) is 1.